The van der Waals surface area contributed by atoms with E-state index in [4.69, 9.17) is 9.57 Å². The van der Waals surface area contributed by atoms with Gasteiger partial charge in [0.25, 0.3) is 0 Å². The van der Waals surface area contributed by atoms with Crippen LogP contribution in [0.3, 0.4) is 0 Å². The zero-order chi connectivity index (χ0) is 10.6. The molecule has 4 atom stereocenters. The average Bonchev–Trinajstić information content (AvgIpc) is 2.60. The topological polar surface area (TPSA) is 30.8 Å². The second kappa shape index (κ2) is 5.61. The third kappa shape index (κ3) is 2.89. The van der Waals surface area contributed by atoms with E-state index in [0.29, 0.717) is 5.92 Å². The lowest BCUT2D eigenvalue weighted by molar-refractivity contribution is 0.0316. The van der Waals surface area contributed by atoms with Crippen LogP contribution in [0.1, 0.15) is 26.7 Å². The molecule has 0 fully saturated rings. The molecule has 0 saturated heterocycles. The van der Waals surface area contributed by atoms with E-state index in [9.17, 15) is 0 Å². The van der Waals surface area contributed by atoms with E-state index in [1.54, 1.807) is 7.11 Å². The van der Waals surface area contributed by atoms with Crippen LogP contribution in [0.15, 0.2) is 5.16 Å². The molecule has 1 aliphatic heterocycles. The quantitative estimate of drug-likeness (QED) is 0.715. The van der Waals surface area contributed by atoms with E-state index in [0.717, 1.165) is 12.8 Å². The molecule has 82 valence electrons. The smallest absolute Gasteiger partial charge is 0.135 e. The number of ether oxygens (including phenoxy) is 1. The predicted octanol–water partition coefficient (Wildman–Crippen LogP) is 2.12. The van der Waals surface area contributed by atoms with Crippen molar-refractivity contribution >= 4 is 18.8 Å². The van der Waals surface area contributed by atoms with Crippen molar-refractivity contribution < 1.29 is 9.57 Å². The van der Waals surface area contributed by atoms with E-state index < -0.39 is 0 Å². The molecule has 0 aromatic rings. The van der Waals surface area contributed by atoms with Gasteiger partial charge >= 0.3 is 0 Å². The van der Waals surface area contributed by atoms with Crippen LogP contribution in [0.2, 0.25) is 0 Å². The molecule has 1 aliphatic rings. The second-order valence-corrected chi connectivity index (χ2v) is 4.54. The number of rotatable bonds is 5. The molecular weight excluding hydrogens is 198 g/mol. The normalized spacial score (nSPS) is 30.0. The zero-order valence-corrected chi connectivity index (χ0v) is 9.91. The standard InChI is InChI=1S/C10H19NO2S/c1-4-9-8(6-11-13-9)5-10(12-3)7(2)14/h6-10,14H,4-5H2,1-3H3. The van der Waals surface area contributed by atoms with E-state index >= 15 is 0 Å². The molecule has 1 rings (SSSR count). The van der Waals surface area contributed by atoms with Gasteiger partial charge in [-0.15, -0.1) is 0 Å². The third-order valence-corrected chi connectivity index (χ3v) is 3.01. The number of hydrogen-bond acceptors (Lipinski definition) is 4. The van der Waals surface area contributed by atoms with Crippen LogP contribution in [0.4, 0.5) is 0 Å². The number of hydrogen-bond donors (Lipinski definition) is 1. The van der Waals surface area contributed by atoms with Crippen molar-refractivity contribution in [1.29, 1.82) is 0 Å². The summed E-state index contributed by atoms with van der Waals surface area (Å²) >= 11 is 4.39. The number of oxime groups is 1. The molecule has 0 spiro atoms. The lowest BCUT2D eigenvalue weighted by atomic mass is 9.94. The minimum Gasteiger partial charge on any atom is -0.392 e. The van der Waals surface area contributed by atoms with Crippen molar-refractivity contribution in [2.45, 2.75) is 44.1 Å². The van der Waals surface area contributed by atoms with E-state index in [-0.39, 0.29) is 17.5 Å². The van der Waals surface area contributed by atoms with Crippen LogP contribution in [0, 0.1) is 5.92 Å². The van der Waals surface area contributed by atoms with Crippen molar-refractivity contribution in [3.8, 4) is 0 Å². The maximum atomic E-state index is 5.37. The summed E-state index contributed by atoms with van der Waals surface area (Å²) < 4.78 is 5.37. The predicted molar refractivity (Wildman–Crippen MR) is 61.0 cm³/mol. The van der Waals surface area contributed by atoms with Gasteiger partial charge in [0, 0.05) is 18.3 Å². The molecular formula is C10H19NO2S. The van der Waals surface area contributed by atoms with Gasteiger partial charge < -0.3 is 9.57 Å². The Labute approximate surface area is 91.2 Å². The van der Waals surface area contributed by atoms with E-state index in [2.05, 4.69) is 24.7 Å². The first-order chi connectivity index (χ1) is 6.69. The Morgan fingerprint density at radius 1 is 1.64 bits per heavy atom. The summed E-state index contributed by atoms with van der Waals surface area (Å²) in [6.45, 7) is 4.16. The maximum absolute atomic E-state index is 5.37. The highest BCUT2D eigenvalue weighted by atomic mass is 32.1. The fourth-order valence-corrected chi connectivity index (χ4v) is 1.96. The van der Waals surface area contributed by atoms with E-state index in [1.165, 1.54) is 0 Å². The molecule has 0 bridgehead atoms. The van der Waals surface area contributed by atoms with Crippen LogP contribution in [-0.4, -0.2) is 30.8 Å². The Balaban J connectivity index is 2.45. The van der Waals surface area contributed by atoms with Gasteiger partial charge in [-0.3, -0.25) is 0 Å². The Hall–Kier alpha value is -0.220. The van der Waals surface area contributed by atoms with Gasteiger partial charge in [-0.05, 0) is 12.8 Å². The van der Waals surface area contributed by atoms with Crippen molar-refractivity contribution in [2.24, 2.45) is 11.1 Å². The summed E-state index contributed by atoms with van der Waals surface area (Å²) in [6.07, 6.45) is 4.20. The molecule has 0 radical (unpaired) electrons. The minimum atomic E-state index is 0.172. The molecule has 4 heteroatoms. The van der Waals surface area contributed by atoms with Gasteiger partial charge in [-0.1, -0.05) is 19.0 Å². The highest BCUT2D eigenvalue weighted by Crippen LogP contribution is 2.24. The number of thiol groups is 1. The van der Waals surface area contributed by atoms with Crippen LogP contribution in [0.5, 0.6) is 0 Å². The molecule has 0 N–H and O–H groups in total. The summed E-state index contributed by atoms with van der Waals surface area (Å²) in [5.41, 5.74) is 0. The first kappa shape index (κ1) is 11.9. The van der Waals surface area contributed by atoms with Gasteiger partial charge in [0.1, 0.15) is 6.10 Å². The lowest BCUT2D eigenvalue weighted by Gasteiger charge is -2.23. The lowest BCUT2D eigenvalue weighted by Crippen LogP contribution is -2.29. The van der Waals surface area contributed by atoms with Crippen LogP contribution < -0.4 is 0 Å². The largest absolute Gasteiger partial charge is 0.392 e. The average molecular weight is 217 g/mol. The molecule has 0 aromatic heterocycles. The summed E-state index contributed by atoms with van der Waals surface area (Å²) in [5, 5.41) is 4.10. The first-order valence-corrected chi connectivity index (χ1v) is 5.60. The molecule has 0 saturated carbocycles. The molecule has 14 heavy (non-hydrogen) atoms. The minimum absolute atomic E-state index is 0.172. The van der Waals surface area contributed by atoms with Gasteiger partial charge in [0.2, 0.25) is 0 Å². The fraction of sp³-hybridized carbons (Fsp3) is 0.900. The fourth-order valence-electron chi connectivity index (χ4n) is 1.71. The second-order valence-electron chi connectivity index (χ2n) is 3.72. The van der Waals surface area contributed by atoms with Crippen LogP contribution >= 0.6 is 12.6 Å². The molecule has 4 unspecified atom stereocenters. The number of methoxy groups -OCH3 is 1. The highest BCUT2D eigenvalue weighted by molar-refractivity contribution is 7.81. The van der Waals surface area contributed by atoms with Gasteiger partial charge in [-0.2, -0.15) is 12.6 Å². The third-order valence-electron chi connectivity index (χ3n) is 2.67. The first-order valence-electron chi connectivity index (χ1n) is 5.09. The summed E-state index contributed by atoms with van der Waals surface area (Å²) in [6, 6.07) is 0. The summed E-state index contributed by atoms with van der Waals surface area (Å²) in [5.74, 6) is 0.375. The van der Waals surface area contributed by atoms with Crippen molar-refractivity contribution in [3.63, 3.8) is 0 Å². The van der Waals surface area contributed by atoms with Crippen LogP contribution in [0.25, 0.3) is 0 Å². The van der Waals surface area contributed by atoms with Gasteiger partial charge in [0.15, 0.2) is 0 Å². The Morgan fingerprint density at radius 2 is 2.36 bits per heavy atom. The Morgan fingerprint density at radius 3 is 2.86 bits per heavy atom. The molecule has 3 nitrogen and oxygen atoms in total. The summed E-state index contributed by atoms with van der Waals surface area (Å²) in [4.78, 5) is 5.23. The SMILES string of the molecule is CCC1ON=CC1CC(OC)C(C)S. The van der Waals surface area contributed by atoms with E-state index in [1.807, 2.05) is 13.1 Å². The molecule has 0 aliphatic carbocycles. The van der Waals surface area contributed by atoms with Crippen molar-refractivity contribution in [2.75, 3.05) is 7.11 Å². The zero-order valence-electron chi connectivity index (χ0n) is 9.01. The highest BCUT2D eigenvalue weighted by Gasteiger charge is 2.29. The van der Waals surface area contributed by atoms with Gasteiger partial charge in [0.05, 0.1) is 12.3 Å². The molecule has 0 amide bonds. The number of nitrogens with zero attached hydrogens (tertiary/aromatic N) is 1. The van der Waals surface area contributed by atoms with Crippen LogP contribution in [-0.2, 0) is 9.57 Å². The maximum Gasteiger partial charge on any atom is 0.135 e. The summed E-state index contributed by atoms with van der Waals surface area (Å²) in [7, 11) is 1.73. The molecule has 0 aromatic carbocycles. The monoisotopic (exact) mass is 217 g/mol. The molecule has 1 heterocycles. The van der Waals surface area contributed by atoms with Gasteiger partial charge in [-0.25, -0.2) is 0 Å². The van der Waals surface area contributed by atoms with Crippen molar-refractivity contribution in [3.05, 3.63) is 0 Å². The van der Waals surface area contributed by atoms with Crippen molar-refractivity contribution in [1.82, 2.24) is 0 Å². The Kier molecular flexibility index (Phi) is 4.75. The Bertz CT molecular complexity index is 197.